The van der Waals surface area contributed by atoms with Crippen LogP contribution in [0.2, 0.25) is 0 Å². The van der Waals surface area contributed by atoms with Crippen LogP contribution in [0, 0.1) is 5.92 Å². The first-order valence-electron chi connectivity index (χ1n) is 8.40. The Hall–Kier alpha value is -1.59. The van der Waals surface area contributed by atoms with Crippen LogP contribution in [0.15, 0.2) is 24.3 Å². The summed E-state index contributed by atoms with van der Waals surface area (Å²) >= 11 is 0. The molecule has 0 saturated carbocycles. The molecule has 2 atom stereocenters. The summed E-state index contributed by atoms with van der Waals surface area (Å²) in [7, 11) is 0. The van der Waals surface area contributed by atoms with Gasteiger partial charge in [0.1, 0.15) is 11.8 Å². The predicted molar refractivity (Wildman–Crippen MR) is 90.6 cm³/mol. The number of hydrogen-bond acceptors (Lipinski definition) is 4. The Kier molecular flexibility index (Phi) is 6.86. The lowest BCUT2D eigenvalue weighted by molar-refractivity contribution is -0.126. The fraction of sp³-hybridized carbons (Fsp3) is 0.611. The molecular weight excluding hydrogens is 292 g/mol. The van der Waals surface area contributed by atoms with Gasteiger partial charge in [0.25, 0.3) is 0 Å². The summed E-state index contributed by atoms with van der Waals surface area (Å²) in [6.07, 6.45) is 1.05. The van der Waals surface area contributed by atoms with Gasteiger partial charge in [0, 0.05) is 6.54 Å². The van der Waals surface area contributed by atoms with Crippen LogP contribution >= 0.6 is 0 Å². The molecule has 1 aromatic carbocycles. The molecule has 1 fully saturated rings. The van der Waals surface area contributed by atoms with Crippen molar-refractivity contribution >= 4 is 5.91 Å². The Bertz CT molecular complexity index is 482. The van der Waals surface area contributed by atoms with Crippen molar-refractivity contribution < 1.29 is 14.3 Å². The van der Waals surface area contributed by atoms with Crippen LogP contribution in [0.3, 0.4) is 0 Å². The molecule has 0 radical (unpaired) electrons. The van der Waals surface area contributed by atoms with Crippen LogP contribution in [0.25, 0.3) is 0 Å². The smallest absolute Gasteiger partial charge is 0.240 e. The van der Waals surface area contributed by atoms with Crippen LogP contribution in [0.1, 0.15) is 38.8 Å². The molecule has 2 N–H and O–H groups in total. The second-order valence-corrected chi connectivity index (χ2v) is 6.41. The van der Waals surface area contributed by atoms with Crippen LogP contribution in [-0.2, 0) is 9.53 Å². The zero-order valence-electron chi connectivity index (χ0n) is 14.3. The predicted octanol–water partition coefficient (Wildman–Crippen LogP) is 2.28. The van der Waals surface area contributed by atoms with E-state index in [0.717, 1.165) is 30.9 Å². The van der Waals surface area contributed by atoms with Gasteiger partial charge in [-0.15, -0.1) is 0 Å². The maximum atomic E-state index is 12.2. The van der Waals surface area contributed by atoms with E-state index in [-0.39, 0.29) is 18.0 Å². The average molecular weight is 320 g/mol. The number of nitrogens with one attached hydrogen (secondary N) is 2. The molecule has 0 aliphatic carbocycles. The van der Waals surface area contributed by atoms with Gasteiger partial charge in [-0.3, -0.25) is 4.79 Å². The minimum atomic E-state index is -0.259. The minimum Gasteiger partial charge on any atom is -0.494 e. The Morgan fingerprint density at radius 3 is 2.70 bits per heavy atom. The fourth-order valence-corrected chi connectivity index (χ4v) is 2.40. The summed E-state index contributed by atoms with van der Waals surface area (Å²) in [6, 6.07) is 7.61. The van der Waals surface area contributed by atoms with Crippen molar-refractivity contribution in [1.29, 1.82) is 0 Å². The number of morpholine rings is 1. The van der Waals surface area contributed by atoms with E-state index >= 15 is 0 Å². The van der Waals surface area contributed by atoms with Gasteiger partial charge >= 0.3 is 0 Å². The maximum absolute atomic E-state index is 12.2. The molecule has 1 amide bonds. The van der Waals surface area contributed by atoms with Gasteiger partial charge in [0.15, 0.2) is 0 Å². The highest BCUT2D eigenvalue weighted by Gasteiger charge is 2.22. The van der Waals surface area contributed by atoms with Crippen molar-refractivity contribution in [2.24, 2.45) is 5.92 Å². The molecule has 1 aliphatic heterocycles. The second kappa shape index (κ2) is 8.89. The molecule has 1 aromatic rings. The van der Waals surface area contributed by atoms with Crippen molar-refractivity contribution in [2.75, 3.05) is 26.4 Å². The summed E-state index contributed by atoms with van der Waals surface area (Å²) in [6.45, 7) is 8.90. The van der Waals surface area contributed by atoms with E-state index in [2.05, 4.69) is 24.5 Å². The van der Waals surface area contributed by atoms with Gasteiger partial charge < -0.3 is 20.1 Å². The second-order valence-electron chi connectivity index (χ2n) is 6.41. The molecule has 0 bridgehead atoms. The molecule has 5 nitrogen and oxygen atoms in total. The lowest BCUT2D eigenvalue weighted by atomic mass is 10.1. The van der Waals surface area contributed by atoms with E-state index in [1.54, 1.807) is 0 Å². The third-order valence-corrected chi connectivity index (χ3v) is 3.94. The van der Waals surface area contributed by atoms with E-state index in [4.69, 9.17) is 9.47 Å². The van der Waals surface area contributed by atoms with Crippen LogP contribution in [0.4, 0.5) is 0 Å². The summed E-state index contributed by atoms with van der Waals surface area (Å²) in [5.41, 5.74) is 1.06. The highest BCUT2D eigenvalue weighted by molar-refractivity contribution is 5.82. The molecule has 0 unspecified atom stereocenters. The molecular formula is C18H28N2O3. The normalized spacial score (nSPS) is 19.4. The first kappa shape index (κ1) is 17.8. The lowest BCUT2D eigenvalue weighted by Crippen LogP contribution is -2.51. The third-order valence-electron chi connectivity index (χ3n) is 3.94. The maximum Gasteiger partial charge on any atom is 0.240 e. The molecule has 5 heteroatoms. The summed E-state index contributed by atoms with van der Waals surface area (Å²) < 4.78 is 11.0. The van der Waals surface area contributed by atoms with E-state index in [1.807, 2.05) is 31.2 Å². The van der Waals surface area contributed by atoms with Crippen molar-refractivity contribution in [2.45, 2.75) is 39.3 Å². The molecule has 0 aromatic heterocycles. The van der Waals surface area contributed by atoms with Gasteiger partial charge in [-0.1, -0.05) is 26.0 Å². The largest absolute Gasteiger partial charge is 0.494 e. The molecule has 1 heterocycles. The van der Waals surface area contributed by atoms with Crippen LogP contribution in [-0.4, -0.2) is 38.3 Å². The Balaban J connectivity index is 1.82. The molecule has 1 saturated heterocycles. The zero-order chi connectivity index (χ0) is 16.7. The Morgan fingerprint density at radius 1 is 1.35 bits per heavy atom. The van der Waals surface area contributed by atoms with Crippen molar-refractivity contribution in [1.82, 2.24) is 10.6 Å². The van der Waals surface area contributed by atoms with Gasteiger partial charge in [-0.05, 0) is 37.0 Å². The van der Waals surface area contributed by atoms with Crippen molar-refractivity contribution in [3.8, 4) is 5.75 Å². The number of hydrogen-bond donors (Lipinski definition) is 2. The highest BCUT2D eigenvalue weighted by Crippen LogP contribution is 2.18. The molecule has 23 heavy (non-hydrogen) atoms. The minimum absolute atomic E-state index is 0.0190. The third kappa shape index (κ3) is 5.84. The number of rotatable bonds is 7. The quantitative estimate of drug-likeness (QED) is 0.809. The van der Waals surface area contributed by atoms with Crippen LogP contribution in [0.5, 0.6) is 5.75 Å². The van der Waals surface area contributed by atoms with E-state index in [9.17, 15) is 4.79 Å². The van der Waals surface area contributed by atoms with E-state index in [0.29, 0.717) is 19.1 Å². The average Bonchev–Trinajstić information content (AvgIpc) is 2.56. The fourth-order valence-electron chi connectivity index (χ4n) is 2.40. The van der Waals surface area contributed by atoms with Crippen molar-refractivity contribution in [3.63, 3.8) is 0 Å². The number of carbonyl (C=O) groups excluding carboxylic acids is 1. The number of ether oxygens (including phenoxy) is 2. The van der Waals surface area contributed by atoms with E-state index < -0.39 is 0 Å². The molecule has 2 rings (SSSR count). The topological polar surface area (TPSA) is 59.6 Å². The SMILES string of the molecule is CC(C)CCOc1ccc([C@@H](C)NC(=O)[C@@H]2COCCN2)cc1. The van der Waals surface area contributed by atoms with E-state index in [1.165, 1.54) is 0 Å². The number of carbonyl (C=O) groups is 1. The van der Waals surface area contributed by atoms with Crippen molar-refractivity contribution in [3.05, 3.63) is 29.8 Å². The summed E-state index contributed by atoms with van der Waals surface area (Å²) in [5, 5.41) is 6.18. The van der Waals surface area contributed by atoms with Gasteiger partial charge in [0.05, 0.1) is 25.9 Å². The molecule has 1 aliphatic rings. The highest BCUT2D eigenvalue weighted by atomic mass is 16.5. The number of benzene rings is 1. The zero-order valence-corrected chi connectivity index (χ0v) is 14.3. The van der Waals surface area contributed by atoms with Gasteiger partial charge in [0.2, 0.25) is 5.91 Å². The standard InChI is InChI=1S/C18H28N2O3/c1-13(2)8-10-23-16-6-4-15(5-7-16)14(3)20-18(21)17-12-22-11-9-19-17/h4-7,13-14,17,19H,8-12H2,1-3H3,(H,20,21)/t14-,17+/m1/s1. The van der Waals surface area contributed by atoms with Gasteiger partial charge in [-0.2, -0.15) is 0 Å². The summed E-state index contributed by atoms with van der Waals surface area (Å²) in [4.78, 5) is 12.2. The Labute approximate surface area is 138 Å². The van der Waals surface area contributed by atoms with Crippen LogP contribution < -0.4 is 15.4 Å². The molecule has 128 valence electrons. The molecule has 0 spiro atoms. The lowest BCUT2D eigenvalue weighted by Gasteiger charge is -2.25. The van der Waals surface area contributed by atoms with Gasteiger partial charge in [-0.25, -0.2) is 0 Å². The monoisotopic (exact) mass is 320 g/mol. The number of amides is 1. The summed E-state index contributed by atoms with van der Waals surface area (Å²) in [5.74, 6) is 1.49. The first-order valence-corrected chi connectivity index (χ1v) is 8.40. The first-order chi connectivity index (χ1) is 11.1. The Morgan fingerprint density at radius 2 is 2.09 bits per heavy atom.